The van der Waals surface area contributed by atoms with Crippen molar-refractivity contribution in [2.45, 2.75) is 71.8 Å². The maximum absolute atomic E-state index is 13.8. The number of nitrogens with two attached hydrogens (primary N) is 2. The van der Waals surface area contributed by atoms with Crippen molar-refractivity contribution in [2.75, 3.05) is 32.8 Å². The lowest BCUT2D eigenvalue weighted by Gasteiger charge is -2.21. The van der Waals surface area contributed by atoms with Gasteiger partial charge in [0.15, 0.2) is 5.96 Å². The van der Waals surface area contributed by atoms with Crippen LogP contribution in [0.3, 0.4) is 0 Å². The lowest BCUT2D eigenvalue weighted by atomic mass is 10.0. The summed E-state index contributed by atoms with van der Waals surface area (Å²) in [5.74, 6) is -6.56. The third kappa shape index (κ3) is 18.4. The average Bonchev–Trinajstić information content (AvgIpc) is 3.15. The number of rotatable bonds is 17. The van der Waals surface area contributed by atoms with Gasteiger partial charge in [0.25, 0.3) is 17.7 Å². The average molecular weight is 797 g/mol. The number of carbonyl (C=O) groups excluding carboxylic acids is 7. The van der Waals surface area contributed by atoms with Gasteiger partial charge in [-0.2, -0.15) is 0 Å². The van der Waals surface area contributed by atoms with Gasteiger partial charge in [-0.1, -0.05) is 31.6 Å². The lowest BCUT2D eigenvalue weighted by Crippen LogP contribution is -2.51. The zero-order valence-corrected chi connectivity index (χ0v) is 32.3. The largest absolute Gasteiger partial charge is 0.494 e. The number of aliphatic carboxylic acids is 1. The number of aliphatic imine (C=N–C) groups is 1. The molecule has 20 heteroatoms. The molecule has 0 radical (unpaired) electrons. The number of carboxylic acids is 1. The number of hydrogen-bond donors (Lipinski definition) is 10. The first-order valence-corrected chi connectivity index (χ1v) is 18.2. The summed E-state index contributed by atoms with van der Waals surface area (Å²) in [5, 5.41) is 26.7. The summed E-state index contributed by atoms with van der Waals surface area (Å²) in [7, 11) is 0. The molecule has 12 N–H and O–H groups in total. The van der Waals surface area contributed by atoms with Crippen molar-refractivity contribution in [3.05, 3.63) is 64.6 Å². The van der Waals surface area contributed by atoms with Gasteiger partial charge in [0.05, 0.1) is 19.2 Å². The maximum atomic E-state index is 13.8. The predicted molar refractivity (Wildman–Crippen MR) is 207 cm³/mol. The molecule has 1 saturated heterocycles. The molecule has 1 fully saturated rings. The maximum Gasteiger partial charge on any atom is 0.330 e. The summed E-state index contributed by atoms with van der Waals surface area (Å²) in [6.45, 7) is 5.56. The zero-order valence-electron chi connectivity index (χ0n) is 32.3. The van der Waals surface area contributed by atoms with Crippen LogP contribution in [-0.2, 0) is 44.8 Å². The molecule has 1 atom stereocenters. The van der Waals surface area contributed by atoms with E-state index in [0.29, 0.717) is 42.5 Å². The quantitative estimate of drug-likeness (QED) is 0.0376. The molecular formula is C37H52N10O10. The SMILES string of the molecule is CCCCNC(=O)CCC(=O)NCCCOc1ccc(C[C@H]2NC(=O)/C(=C\C(=O)O)NC(=O)CNC(=O)/C(=C/CCN=C(N)N)NC(=O)C(=C(C)C)NC2=O)cc1. The van der Waals surface area contributed by atoms with Gasteiger partial charge in [-0.25, -0.2) is 4.79 Å². The first-order valence-electron chi connectivity index (χ1n) is 18.2. The number of carboxylic acid groups (broad SMARTS) is 1. The van der Waals surface area contributed by atoms with Gasteiger partial charge in [-0.05, 0) is 56.4 Å². The molecule has 2 rings (SSSR count). The van der Waals surface area contributed by atoms with Crippen LogP contribution in [0.4, 0.5) is 0 Å². The third-order valence-corrected chi connectivity index (χ3v) is 7.76. The molecule has 1 heterocycles. The molecule has 20 nitrogen and oxygen atoms in total. The Morgan fingerprint density at radius 3 is 2.14 bits per heavy atom. The fraction of sp³-hybridized carbons (Fsp3) is 0.432. The van der Waals surface area contributed by atoms with Crippen LogP contribution < -0.4 is 53.4 Å². The second-order valence-corrected chi connectivity index (χ2v) is 12.8. The van der Waals surface area contributed by atoms with E-state index in [-0.39, 0.29) is 68.0 Å². The van der Waals surface area contributed by atoms with Gasteiger partial charge in [-0.15, -0.1) is 0 Å². The molecule has 0 aromatic heterocycles. The summed E-state index contributed by atoms with van der Waals surface area (Å²) in [6.07, 6.45) is 4.14. The Bertz CT molecular complexity index is 1760. The van der Waals surface area contributed by atoms with Gasteiger partial charge >= 0.3 is 5.97 Å². The zero-order chi connectivity index (χ0) is 42.3. The van der Waals surface area contributed by atoms with E-state index in [1.54, 1.807) is 24.3 Å². The molecule has 0 aliphatic carbocycles. The van der Waals surface area contributed by atoms with Gasteiger partial charge in [0.2, 0.25) is 23.6 Å². The minimum absolute atomic E-state index is 0.0515. The molecule has 7 amide bonds. The number of nitrogens with one attached hydrogen (secondary N) is 7. The minimum Gasteiger partial charge on any atom is -0.494 e. The molecule has 1 aromatic carbocycles. The number of nitrogens with zero attached hydrogens (tertiary/aromatic N) is 1. The van der Waals surface area contributed by atoms with Gasteiger partial charge < -0.3 is 58.5 Å². The van der Waals surface area contributed by atoms with Crippen molar-refractivity contribution in [1.29, 1.82) is 0 Å². The van der Waals surface area contributed by atoms with E-state index in [1.165, 1.54) is 19.9 Å². The Balaban J connectivity index is 2.22. The summed E-state index contributed by atoms with van der Waals surface area (Å²) in [6, 6.07) is 5.06. The molecule has 0 unspecified atom stereocenters. The highest BCUT2D eigenvalue weighted by atomic mass is 16.5. The molecule has 0 spiro atoms. The minimum atomic E-state index is -1.59. The Hall–Kier alpha value is -6.73. The highest BCUT2D eigenvalue weighted by Crippen LogP contribution is 2.15. The van der Waals surface area contributed by atoms with Gasteiger partial charge in [-0.3, -0.25) is 38.6 Å². The number of benzene rings is 1. The standard InChI is InChI=1S/C37H52N10O10/c1-4-5-15-40-28(48)13-14-29(49)41-17-7-18-57-24-11-9-23(10-12-24)19-26-35(55)47-32(22(2)3)36(56)45-25(8-6-16-42-37(38)39)33(53)43-21-30(50)44-27(20-31(51)52)34(54)46-26/h8-12,20,26H,4-7,13-19,21H2,1-3H3,(H,40,48)(H,41,49)(H,43,53)(H,44,50)(H,45,56)(H,46,54)(H,47,55)(H,51,52)(H4,38,39,42)/b25-8-,27-20+/t26-/m1/s1. The van der Waals surface area contributed by atoms with Crippen LogP contribution in [0.5, 0.6) is 5.75 Å². The van der Waals surface area contributed by atoms with Crippen molar-refractivity contribution in [3.8, 4) is 5.75 Å². The number of carbonyl (C=O) groups is 8. The van der Waals surface area contributed by atoms with Crippen LogP contribution in [-0.4, -0.2) is 97.2 Å². The summed E-state index contributed by atoms with van der Waals surface area (Å²) >= 11 is 0. The lowest BCUT2D eigenvalue weighted by molar-refractivity contribution is -0.132. The van der Waals surface area contributed by atoms with Crippen molar-refractivity contribution in [1.82, 2.24) is 37.2 Å². The highest BCUT2D eigenvalue weighted by molar-refractivity contribution is 6.07. The fourth-order valence-corrected chi connectivity index (χ4v) is 4.84. The Morgan fingerprint density at radius 1 is 0.895 bits per heavy atom. The topological polar surface area (TPSA) is 315 Å². The molecule has 310 valence electrons. The number of hydrogen-bond acceptors (Lipinski definition) is 10. The van der Waals surface area contributed by atoms with Crippen molar-refractivity contribution >= 4 is 53.3 Å². The second kappa shape index (κ2) is 24.6. The van der Waals surface area contributed by atoms with Crippen molar-refractivity contribution in [3.63, 3.8) is 0 Å². The van der Waals surface area contributed by atoms with E-state index in [2.05, 4.69) is 42.2 Å². The molecule has 57 heavy (non-hydrogen) atoms. The van der Waals surface area contributed by atoms with E-state index in [1.807, 2.05) is 6.92 Å². The summed E-state index contributed by atoms with van der Waals surface area (Å²) in [4.78, 5) is 105. The Morgan fingerprint density at radius 2 is 1.54 bits per heavy atom. The fourth-order valence-electron chi connectivity index (χ4n) is 4.84. The highest BCUT2D eigenvalue weighted by Gasteiger charge is 2.28. The van der Waals surface area contributed by atoms with E-state index < -0.39 is 53.8 Å². The number of allylic oxidation sites excluding steroid dienone is 1. The molecule has 0 saturated carbocycles. The number of ether oxygens (including phenoxy) is 1. The number of unbranched alkanes of at least 4 members (excludes halogenated alkanes) is 1. The molecule has 0 bridgehead atoms. The summed E-state index contributed by atoms with van der Waals surface area (Å²) in [5.41, 5.74) is 10.2. The van der Waals surface area contributed by atoms with Gasteiger partial charge in [0.1, 0.15) is 28.9 Å². The predicted octanol–water partition coefficient (Wildman–Crippen LogP) is -1.42. The second-order valence-electron chi connectivity index (χ2n) is 12.8. The first kappa shape index (κ1) is 46.4. The number of amides is 7. The van der Waals surface area contributed by atoms with Crippen molar-refractivity contribution < 1.29 is 48.2 Å². The van der Waals surface area contributed by atoms with E-state index >= 15 is 0 Å². The van der Waals surface area contributed by atoms with E-state index in [4.69, 9.17) is 16.2 Å². The van der Waals surface area contributed by atoms with Crippen LogP contribution in [0, 0.1) is 0 Å². The van der Waals surface area contributed by atoms with Crippen LogP contribution in [0.1, 0.15) is 64.9 Å². The number of guanidine groups is 1. The molecule has 1 aliphatic rings. The molecular weight excluding hydrogens is 744 g/mol. The first-order chi connectivity index (χ1) is 27.1. The van der Waals surface area contributed by atoms with Crippen LogP contribution in [0.15, 0.2) is 64.1 Å². The molecule has 1 aliphatic heterocycles. The Labute approximate surface area is 329 Å². The van der Waals surface area contributed by atoms with Gasteiger partial charge in [0, 0.05) is 38.9 Å². The normalized spacial score (nSPS) is 16.8. The molecule has 1 aromatic rings. The van der Waals surface area contributed by atoms with E-state index in [9.17, 15) is 43.5 Å². The summed E-state index contributed by atoms with van der Waals surface area (Å²) < 4.78 is 5.75. The van der Waals surface area contributed by atoms with E-state index in [0.717, 1.165) is 12.8 Å². The van der Waals surface area contributed by atoms with Crippen LogP contribution >= 0.6 is 0 Å². The third-order valence-electron chi connectivity index (χ3n) is 7.76. The smallest absolute Gasteiger partial charge is 0.330 e. The Kier molecular flexibility index (Phi) is 20.1. The monoisotopic (exact) mass is 796 g/mol. The van der Waals surface area contributed by atoms with Crippen LogP contribution in [0.25, 0.3) is 0 Å². The van der Waals surface area contributed by atoms with Crippen LogP contribution in [0.2, 0.25) is 0 Å². The van der Waals surface area contributed by atoms with Crippen molar-refractivity contribution in [2.24, 2.45) is 16.5 Å².